The van der Waals surface area contributed by atoms with E-state index in [4.69, 9.17) is 0 Å². The zero-order chi connectivity index (χ0) is 21.3. The van der Waals surface area contributed by atoms with Crippen LogP contribution in [0.1, 0.15) is 23.6 Å². The van der Waals surface area contributed by atoms with E-state index in [1.807, 2.05) is 30.3 Å². The van der Waals surface area contributed by atoms with E-state index >= 15 is 0 Å². The molecule has 1 fully saturated rings. The van der Waals surface area contributed by atoms with Crippen molar-refractivity contribution in [3.8, 4) is 6.07 Å². The summed E-state index contributed by atoms with van der Waals surface area (Å²) in [7, 11) is 2.95. The lowest BCUT2D eigenvalue weighted by Crippen LogP contribution is -2.64. The molecule has 1 heterocycles. The molecule has 1 aliphatic rings. The van der Waals surface area contributed by atoms with Crippen LogP contribution in [0.3, 0.4) is 0 Å². The number of piperazine rings is 1. The van der Waals surface area contributed by atoms with Crippen LogP contribution in [0, 0.1) is 23.0 Å². The normalized spacial score (nSPS) is 20.9. The maximum Gasteiger partial charge on any atom is 0.271 e. The van der Waals surface area contributed by atoms with E-state index in [1.54, 1.807) is 13.0 Å². The first kappa shape index (κ1) is 20.2. The number of halogens is 2. The summed E-state index contributed by atoms with van der Waals surface area (Å²) in [4.78, 5) is 28.7. The van der Waals surface area contributed by atoms with E-state index in [1.165, 1.54) is 30.0 Å². The molecule has 148 valence electrons. The number of hydrogen-bond acceptors (Lipinski definition) is 3. The lowest BCUT2D eigenvalue weighted by Gasteiger charge is -2.45. The number of carbonyl (C=O) groups is 2. The Bertz CT molecular complexity index is 1060. The first-order valence-electron chi connectivity index (χ1n) is 8.90. The van der Waals surface area contributed by atoms with Gasteiger partial charge in [0.2, 0.25) is 0 Å². The molecule has 3 rings (SSSR count). The monoisotopic (exact) mass is 395 g/mol. The second-order valence-electron chi connectivity index (χ2n) is 7.16. The maximum atomic E-state index is 13.9. The molecule has 1 atom stereocenters. The molecule has 2 aromatic carbocycles. The van der Waals surface area contributed by atoms with Gasteiger partial charge in [-0.05, 0) is 24.6 Å². The smallest absolute Gasteiger partial charge is 0.271 e. The molecule has 0 bridgehead atoms. The molecule has 0 spiro atoms. The Morgan fingerprint density at radius 2 is 1.79 bits per heavy atom. The van der Waals surface area contributed by atoms with E-state index < -0.39 is 28.6 Å². The van der Waals surface area contributed by atoms with Crippen LogP contribution in [0.15, 0.2) is 48.2 Å². The van der Waals surface area contributed by atoms with Crippen LogP contribution < -0.4 is 0 Å². The van der Waals surface area contributed by atoms with E-state index in [2.05, 4.69) is 0 Å². The summed E-state index contributed by atoms with van der Waals surface area (Å²) in [5.41, 5.74) is -0.802. The highest BCUT2D eigenvalue weighted by atomic mass is 19.1. The molecule has 5 nitrogen and oxygen atoms in total. The Kier molecular flexibility index (Phi) is 5.21. The van der Waals surface area contributed by atoms with Crippen LogP contribution >= 0.6 is 0 Å². The molecule has 2 amide bonds. The van der Waals surface area contributed by atoms with Crippen molar-refractivity contribution in [2.24, 2.45) is 0 Å². The average Bonchev–Trinajstić information content (AvgIpc) is 2.69. The van der Waals surface area contributed by atoms with Gasteiger partial charge in [-0.1, -0.05) is 30.3 Å². The summed E-state index contributed by atoms with van der Waals surface area (Å²) in [6.45, 7) is 1.68. The van der Waals surface area contributed by atoms with Crippen molar-refractivity contribution >= 4 is 17.9 Å². The van der Waals surface area contributed by atoms with Crippen molar-refractivity contribution in [1.82, 2.24) is 9.80 Å². The molecule has 1 saturated heterocycles. The minimum Gasteiger partial charge on any atom is -0.326 e. The van der Waals surface area contributed by atoms with Crippen molar-refractivity contribution in [3.05, 3.63) is 76.5 Å². The number of likely N-dealkylation sites (N-methyl/N-ethyl adjacent to an activating group) is 2. The molecular weight excluding hydrogens is 376 g/mol. The quantitative estimate of drug-likeness (QED) is 0.750. The molecule has 0 radical (unpaired) electrons. The number of nitriles is 1. The van der Waals surface area contributed by atoms with E-state index in [9.17, 15) is 23.6 Å². The van der Waals surface area contributed by atoms with Gasteiger partial charge < -0.3 is 9.80 Å². The van der Waals surface area contributed by atoms with Gasteiger partial charge in [0.05, 0.1) is 5.56 Å². The third-order valence-electron chi connectivity index (χ3n) is 5.27. The third-order valence-corrected chi connectivity index (χ3v) is 5.27. The van der Waals surface area contributed by atoms with Crippen molar-refractivity contribution in [3.63, 3.8) is 0 Å². The Hall–Kier alpha value is -3.53. The summed E-state index contributed by atoms with van der Waals surface area (Å²) < 4.78 is 27.6. The Morgan fingerprint density at radius 3 is 2.41 bits per heavy atom. The second kappa shape index (κ2) is 7.47. The second-order valence-corrected chi connectivity index (χ2v) is 7.16. The number of rotatable bonds is 3. The fraction of sp³-hybridized carbons (Fsp3) is 0.227. The van der Waals surface area contributed by atoms with Crippen LogP contribution in [0.5, 0.6) is 0 Å². The molecular formula is C22H19F2N3O2. The first-order chi connectivity index (χ1) is 13.7. The highest BCUT2D eigenvalue weighted by Crippen LogP contribution is 2.31. The average molecular weight is 395 g/mol. The fourth-order valence-corrected chi connectivity index (χ4v) is 3.47. The van der Waals surface area contributed by atoms with Gasteiger partial charge in [0.1, 0.15) is 28.9 Å². The lowest BCUT2D eigenvalue weighted by molar-refractivity contribution is -0.155. The standard InChI is InChI=1S/C22H19F2N3O2/c1-22(12-14-7-5-4-6-8-14)21(29)26(2)19(20(28)27(22)3)10-15-9-16(23)11-18(24)17(15)13-25/h4-11H,12H2,1-3H3/b19-10-. The van der Waals surface area contributed by atoms with Crippen LogP contribution in [-0.4, -0.2) is 41.2 Å². The maximum absolute atomic E-state index is 13.9. The Morgan fingerprint density at radius 1 is 1.14 bits per heavy atom. The summed E-state index contributed by atoms with van der Waals surface area (Å²) >= 11 is 0. The van der Waals surface area contributed by atoms with Crippen molar-refractivity contribution in [2.75, 3.05) is 14.1 Å². The van der Waals surface area contributed by atoms with Gasteiger partial charge >= 0.3 is 0 Å². The van der Waals surface area contributed by atoms with Crippen LogP contribution in [0.2, 0.25) is 0 Å². The van der Waals surface area contributed by atoms with Crippen LogP contribution in [0.25, 0.3) is 6.08 Å². The highest BCUT2D eigenvalue weighted by Gasteiger charge is 2.48. The molecule has 0 saturated carbocycles. The molecule has 1 unspecified atom stereocenters. The van der Waals surface area contributed by atoms with Gasteiger partial charge in [-0.2, -0.15) is 5.26 Å². The molecule has 0 aromatic heterocycles. The molecule has 0 aliphatic carbocycles. The third kappa shape index (κ3) is 3.49. The zero-order valence-corrected chi connectivity index (χ0v) is 16.2. The zero-order valence-electron chi connectivity index (χ0n) is 16.2. The number of carbonyl (C=O) groups excluding carboxylic acids is 2. The molecule has 0 N–H and O–H groups in total. The summed E-state index contributed by atoms with van der Waals surface area (Å²) in [5, 5.41) is 9.19. The van der Waals surface area contributed by atoms with Crippen LogP contribution in [0.4, 0.5) is 8.78 Å². The van der Waals surface area contributed by atoms with Gasteiger partial charge in [0.15, 0.2) is 0 Å². The summed E-state index contributed by atoms with van der Waals surface area (Å²) in [5.74, 6) is -2.74. The molecule has 7 heteroatoms. The van der Waals surface area contributed by atoms with Crippen molar-refractivity contribution < 1.29 is 18.4 Å². The van der Waals surface area contributed by atoms with Gasteiger partial charge in [-0.25, -0.2) is 8.78 Å². The minimum atomic E-state index is -1.13. The largest absolute Gasteiger partial charge is 0.326 e. The minimum absolute atomic E-state index is 0.0652. The Labute approximate surface area is 167 Å². The van der Waals surface area contributed by atoms with Gasteiger partial charge in [0, 0.05) is 32.1 Å². The number of benzene rings is 2. The van der Waals surface area contributed by atoms with Gasteiger partial charge in [-0.3, -0.25) is 9.59 Å². The SMILES string of the molecule is CN1C(=O)C(C)(Cc2ccccc2)N(C)C(=O)/C1=C/c1cc(F)cc(F)c1C#N. The van der Waals surface area contributed by atoms with Gasteiger partial charge in [0.25, 0.3) is 11.8 Å². The van der Waals surface area contributed by atoms with E-state index in [0.29, 0.717) is 12.5 Å². The van der Waals surface area contributed by atoms with Gasteiger partial charge in [-0.15, -0.1) is 0 Å². The predicted molar refractivity (Wildman–Crippen MR) is 103 cm³/mol. The number of nitrogens with zero attached hydrogens (tertiary/aromatic N) is 3. The molecule has 29 heavy (non-hydrogen) atoms. The first-order valence-corrected chi connectivity index (χ1v) is 8.90. The predicted octanol–water partition coefficient (Wildman–Crippen LogP) is 3.11. The lowest BCUT2D eigenvalue weighted by atomic mass is 9.87. The molecule has 2 aromatic rings. The van der Waals surface area contributed by atoms with Crippen LogP contribution in [-0.2, 0) is 16.0 Å². The topological polar surface area (TPSA) is 64.4 Å². The fourth-order valence-electron chi connectivity index (χ4n) is 3.47. The summed E-state index contributed by atoms with van der Waals surface area (Å²) in [6.07, 6.45) is 1.48. The van der Waals surface area contributed by atoms with E-state index in [0.717, 1.165) is 11.6 Å². The summed E-state index contributed by atoms with van der Waals surface area (Å²) in [6, 6.07) is 12.5. The van der Waals surface area contributed by atoms with Crippen molar-refractivity contribution in [1.29, 1.82) is 5.26 Å². The number of hydrogen-bond donors (Lipinski definition) is 0. The van der Waals surface area contributed by atoms with Crippen molar-refractivity contribution in [2.45, 2.75) is 18.9 Å². The Balaban J connectivity index is 2.04. The number of amides is 2. The van der Waals surface area contributed by atoms with E-state index in [-0.39, 0.29) is 17.2 Å². The highest BCUT2D eigenvalue weighted by molar-refractivity contribution is 6.08. The molecule has 1 aliphatic heterocycles.